The third-order valence-corrected chi connectivity index (χ3v) is 5.64. The highest BCUT2D eigenvalue weighted by atomic mass is 16.3. The number of benzene rings is 3. The zero-order valence-electron chi connectivity index (χ0n) is 17.1. The fraction of sp³-hybridized carbons (Fsp3) is 0.200. The summed E-state index contributed by atoms with van der Waals surface area (Å²) in [6, 6.07) is 21.8. The van der Waals surface area contributed by atoms with Gasteiger partial charge in [0.15, 0.2) is 5.60 Å². The molecule has 1 heterocycles. The van der Waals surface area contributed by atoms with Crippen molar-refractivity contribution in [3.05, 3.63) is 95.1 Å². The van der Waals surface area contributed by atoms with Crippen LogP contribution in [-0.2, 0) is 21.6 Å². The average molecular weight is 400 g/mol. The standard InChI is InChI=1S/C25H24N2O3/c1-3-18-11-9-10-17(2)23(18)26-22(28)16-27-21-15-8-7-14-20(21)25(30,24(27)29)19-12-5-4-6-13-19/h4-15,30H,3,16H2,1-2H3,(H,26,28)/t25-/m1/s1. The van der Waals surface area contributed by atoms with Crippen molar-refractivity contribution < 1.29 is 14.7 Å². The van der Waals surface area contributed by atoms with E-state index in [2.05, 4.69) is 5.32 Å². The van der Waals surface area contributed by atoms with Crippen LogP contribution in [0.4, 0.5) is 11.4 Å². The summed E-state index contributed by atoms with van der Waals surface area (Å²) in [6.45, 7) is 3.80. The third-order valence-electron chi connectivity index (χ3n) is 5.64. The maximum absolute atomic E-state index is 13.4. The van der Waals surface area contributed by atoms with Crippen LogP contribution in [0.3, 0.4) is 0 Å². The second-order valence-corrected chi connectivity index (χ2v) is 7.50. The molecule has 3 aromatic rings. The van der Waals surface area contributed by atoms with Gasteiger partial charge in [-0.15, -0.1) is 0 Å². The number of aryl methyl sites for hydroxylation is 2. The number of nitrogens with zero attached hydrogens (tertiary/aromatic N) is 1. The van der Waals surface area contributed by atoms with Gasteiger partial charge in [-0.1, -0.05) is 73.7 Å². The van der Waals surface area contributed by atoms with Crippen LogP contribution in [0.15, 0.2) is 72.8 Å². The van der Waals surface area contributed by atoms with Gasteiger partial charge in [0.1, 0.15) is 6.54 Å². The van der Waals surface area contributed by atoms with Crippen molar-refractivity contribution >= 4 is 23.2 Å². The van der Waals surface area contributed by atoms with Gasteiger partial charge in [-0.05, 0) is 36.1 Å². The molecular weight excluding hydrogens is 376 g/mol. The minimum absolute atomic E-state index is 0.178. The number of anilines is 2. The lowest BCUT2D eigenvalue weighted by atomic mass is 9.88. The van der Waals surface area contributed by atoms with E-state index in [0.29, 0.717) is 16.8 Å². The molecule has 0 fully saturated rings. The van der Waals surface area contributed by atoms with Gasteiger partial charge in [-0.3, -0.25) is 14.5 Å². The van der Waals surface area contributed by atoms with E-state index in [-0.39, 0.29) is 12.5 Å². The van der Waals surface area contributed by atoms with Crippen molar-refractivity contribution in [1.29, 1.82) is 0 Å². The van der Waals surface area contributed by atoms with E-state index in [1.807, 2.05) is 38.1 Å². The number of fused-ring (bicyclic) bond motifs is 1. The molecule has 5 heteroatoms. The number of carbonyl (C=O) groups is 2. The number of para-hydroxylation sites is 2. The van der Waals surface area contributed by atoms with Crippen LogP contribution < -0.4 is 10.2 Å². The van der Waals surface area contributed by atoms with E-state index in [4.69, 9.17) is 0 Å². The van der Waals surface area contributed by atoms with Crippen LogP contribution in [0, 0.1) is 6.92 Å². The molecule has 0 bridgehead atoms. The Hall–Kier alpha value is -3.44. The normalized spacial score (nSPS) is 17.7. The minimum atomic E-state index is -1.81. The first-order valence-electron chi connectivity index (χ1n) is 10.0. The molecule has 152 valence electrons. The molecule has 0 spiro atoms. The molecule has 4 rings (SSSR count). The summed E-state index contributed by atoms with van der Waals surface area (Å²) in [5.74, 6) is -0.829. The quantitative estimate of drug-likeness (QED) is 0.685. The fourth-order valence-corrected chi connectivity index (χ4v) is 4.07. The summed E-state index contributed by atoms with van der Waals surface area (Å²) in [5.41, 5.74) is 2.49. The number of carbonyl (C=O) groups excluding carboxylic acids is 2. The maximum atomic E-state index is 13.4. The number of aliphatic hydroxyl groups is 1. The lowest BCUT2D eigenvalue weighted by molar-refractivity contribution is -0.133. The summed E-state index contributed by atoms with van der Waals surface area (Å²) in [5, 5.41) is 14.4. The van der Waals surface area contributed by atoms with Gasteiger partial charge < -0.3 is 10.4 Å². The first kappa shape index (κ1) is 19.9. The summed E-state index contributed by atoms with van der Waals surface area (Å²) in [6.07, 6.45) is 0.788. The summed E-state index contributed by atoms with van der Waals surface area (Å²) in [4.78, 5) is 27.6. The van der Waals surface area contributed by atoms with Gasteiger partial charge >= 0.3 is 0 Å². The van der Waals surface area contributed by atoms with Gasteiger partial charge in [0.2, 0.25) is 5.91 Å². The number of hydrogen-bond acceptors (Lipinski definition) is 3. The van der Waals surface area contributed by atoms with Crippen molar-refractivity contribution in [3.63, 3.8) is 0 Å². The molecule has 0 saturated carbocycles. The summed E-state index contributed by atoms with van der Waals surface area (Å²) < 4.78 is 0. The molecular formula is C25H24N2O3. The van der Waals surface area contributed by atoms with Crippen LogP contribution in [0.25, 0.3) is 0 Å². The predicted molar refractivity (Wildman–Crippen MR) is 117 cm³/mol. The zero-order valence-corrected chi connectivity index (χ0v) is 17.1. The number of hydrogen-bond donors (Lipinski definition) is 2. The summed E-state index contributed by atoms with van der Waals surface area (Å²) >= 11 is 0. The molecule has 2 N–H and O–H groups in total. The third kappa shape index (κ3) is 3.17. The molecule has 3 aromatic carbocycles. The van der Waals surface area contributed by atoms with E-state index in [1.165, 1.54) is 4.90 Å². The van der Waals surface area contributed by atoms with Crippen LogP contribution in [0.1, 0.15) is 29.2 Å². The molecule has 2 amide bonds. The Bertz CT molecular complexity index is 1110. The molecule has 30 heavy (non-hydrogen) atoms. The largest absolute Gasteiger partial charge is 0.372 e. The SMILES string of the molecule is CCc1cccc(C)c1NC(=O)CN1C(=O)[C@@](O)(c2ccccc2)c2ccccc21. The van der Waals surface area contributed by atoms with E-state index in [1.54, 1.807) is 48.5 Å². The first-order chi connectivity index (χ1) is 14.5. The van der Waals surface area contributed by atoms with Gasteiger partial charge in [0.25, 0.3) is 5.91 Å². The van der Waals surface area contributed by atoms with E-state index in [9.17, 15) is 14.7 Å². The maximum Gasteiger partial charge on any atom is 0.268 e. The Morgan fingerprint density at radius 1 is 1.00 bits per heavy atom. The van der Waals surface area contributed by atoms with Crippen LogP contribution in [-0.4, -0.2) is 23.5 Å². The molecule has 0 aromatic heterocycles. The Morgan fingerprint density at radius 2 is 1.70 bits per heavy atom. The van der Waals surface area contributed by atoms with Crippen molar-refractivity contribution in [2.75, 3.05) is 16.8 Å². The lowest BCUT2D eigenvalue weighted by Crippen LogP contribution is -2.44. The second kappa shape index (κ2) is 7.76. The highest BCUT2D eigenvalue weighted by molar-refractivity contribution is 6.12. The van der Waals surface area contributed by atoms with E-state index < -0.39 is 11.5 Å². The highest BCUT2D eigenvalue weighted by Gasteiger charge is 2.51. The molecule has 5 nitrogen and oxygen atoms in total. The van der Waals surface area contributed by atoms with Crippen molar-refractivity contribution in [2.45, 2.75) is 25.9 Å². The van der Waals surface area contributed by atoms with Gasteiger partial charge in [0, 0.05) is 11.3 Å². The summed E-state index contributed by atoms with van der Waals surface area (Å²) in [7, 11) is 0. The van der Waals surface area contributed by atoms with Crippen LogP contribution in [0.5, 0.6) is 0 Å². The Balaban J connectivity index is 1.66. The Morgan fingerprint density at radius 3 is 2.43 bits per heavy atom. The smallest absolute Gasteiger partial charge is 0.268 e. The molecule has 0 saturated heterocycles. The van der Waals surface area contributed by atoms with Crippen LogP contribution in [0.2, 0.25) is 0 Å². The molecule has 0 unspecified atom stereocenters. The molecule has 0 aliphatic carbocycles. The van der Waals surface area contributed by atoms with Gasteiger partial charge in [0.05, 0.1) is 5.69 Å². The number of nitrogens with one attached hydrogen (secondary N) is 1. The molecule has 1 atom stereocenters. The number of amides is 2. The monoisotopic (exact) mass is 400 g/mol. The van der Waals surface area contributed by atoms with E-state index in [0.717, 1.165) is 23.2 Å². The van der Waals surface area contributed by atoms with Crippen molar-refractivity contribution in [2.24, 2.45) is 0 Å². The second-order valence-electron chi connectivity index (χ2n) is 7.50. The molecule has 1 aliphatic heterocycles. The van der Waals surface area contributed by atoms with Crippen molar-refractivity contribution in [1.82, 2.24) is 0 Å². The number of rotatable bonds is 5. The minimum Gasteiger partial charge on any atom is -0.372 e. The zero-order chi connectivity index (χ0) is 21.3. The highest BCUT2D eigenvalue weighted by Crippen LogP contribution is 2.44. The van der Waals surface area contributed by atoms with Gasteiger partial charge in [-0.2, -0.15) is 0 Å². The fourth-order valence-electron chi connectivity index (χ4n) is 4.07. The Kier molecular flexibility index (Phi) is 5.14. The van der Waals surface area contributed by atoms with E-state index >= 15 is 0 Å². The average Bonchev–Trinajstić information content (AvgIpc) is 2.98. The topological polar surface area (TPSA) is 69.6 Å². The van der Waals surface area contributed by atoms with Gasteiger partial charge in [-0.25, -0.2) is 0 Å². The van der Waals surface area contributed by atoms with Crippen molar-refractivity contribution in [3.8, 4) is 0 Å². The molecule has 0 radical (unpaired) electrons. The first-order valence-corrected chi connectivity index (χ1v) is 10.0. The molecule has 1 aliphatic rings. The predicted octanol–water partition coefficient (Wildman–Crippen LogP) is 3.78. The Labute approximate surface area is 176 Å². The van der Waals surface area contributed by atoms with Crippen LogP contribution >= 0.6 is 0 Å². The lowest BCUT2D eigenvalue weighted by Gasteiger charge is -2.23.